The van der Waals surface area contributed by atoms with Crippen molar-refractivity contribution in [2.24, 2.45) is 5.92 Å². The fourth-order valence-corrected chi connectivity index (χ4v) is 3.27. The summed E-state index contributed by atoms with van der Waals surface area (Å²) in [5.74, 6) is 0.814. The van der Waals surface area contributed by atoms with Crippen molar-refractivity contribution in [1.29, 1.82) is 0 Å². The highest BCUT2D eigenvalue weighted by Crippen LogP contribution is 2.21. The number of ether oxygens (including phenoxy) is 1. The predicted octanol–water partition coefficient (Wildman–Crippen LogP) is 3.28. The van der Waals surface area contributed by atoms with E-state index in [4.69, 9.17) is 4.74 Å². The SMILES string of the molecule is CC(=O)Nc1ccc(C(=O)N2CCCC(COc3cccc(C)n3)C2)cc1. The van der Waals surface area contributed by atoms with Crippen LogP contribution in [0.2, 0.25) is 0 Å². The lowest BCUT2D eigenvalue weighted by Crippen LogP contribution is -2.41. The summed E-state index contributed by atoms with van der Waals surface area (Å²) in [5, 5.41) is 2.71. The summed E-state index contributed by atoms with van der Waals surface area (Å²) in [6.07, 6.45) is 2.00. The number of aromatic nitrogens is 1. The Balaban J connectivity index is 1.56. The minimum atomic E-state index is -0.129. The molecule has 0 bridgehead atoms. The Labute approximate surface area is 159 Å². The molecule has 27 heavy (non-hydrogen) atoms. The Morgan fingerprint density at radius 1 is 1.22 bits per heavy atom. The van der Waals surface area contributed by atoms with E-state index < -0.39 is 0 Å². The highest BCUT2D eigenvalue weighted by molar-refractivity contribution is 5.95. The van der Waals surface area contributed by atoms with E-state index in [0.29, 0.717) is 36.2 Å². The molecule has 0 aliphatic carbocycles. The first-order valence-corrected chi connectivity index (χ1v) is 9.24. The van der Waals surface area contributed by atoms with Gasteiger partial charge in [0.2, 0.25) is 11.8 Å². The molecule has 1 aliphatic heterocycles. The average Bonchev–Trinajstić information content (AvgIpc) is 2.66. The van der Waals surface area contributed by atoms with Crippen LogP contribution in [0, 0.1) is 12.8 Å². The zero-order chi connectivity index (χ0) is 19.2. The first-order chi connectivity index (χ1) is 13.0. The van der Waals surface area contributed by atoms with Gasteiger partial charge in [0.1, 0.15) is 0 Å². The number of anilines is 1. The number of hydrogen-bond acceptors (Lipinski definition) is 4. The Hall–Kier alpha value is -2.89. The molecule has 1 saturated heterocycles. The van der Waals surface area contributed by atoms with Gasteiger partial charge in [-0.1, -0.05) is 6.07 Å². The second kappa shape index (κ2) is 8.66. The van der Waals surface area contributed by atoms with Crippen molar-refractivity contribution >= 4 is 17.5 Å². The predicted molar refractivity (Wildman–Crippen MR) is 104 cm³/mol. The number of carbonyl (C=O) groups is 2. The van der Waals surface area contributed by atoms with Gasteiger partial charge >= 0.3 is 0 Å². The lowest BCUT2D eigenvalue weighted by Gasteiger charge is -2.32. The molecule has 3 rings (SSSR count). The highest BCUT2D eigenvalue weighted by atomic mass is 16.5. The highest BCUT2D eigenvalue weighted by Gasteiger charge is 2.25. The van der Waals surface area contributed by atoms with Crippen LogP contribution in [-0.4, -0.2) is 41.4 Å². The summed E-state index contributed by atoms with van der Waals surface area (Å²) in [6, 6.07) is 12.7. The number of carbonyl (C=O) groups excluding carboxylic acids is 2. The number of amides is 2. The monoisotopic (exact) mass is 367 g/mol. The molecule has 0 saturated carbocycles. The van der Waals surface area contributed by atoms with Crippen molar-refractivity contribution in [3.63, 3.8) is 0 Å². The lowest BCUT2D eigenvalue weighted by atomic mass is 9.98. The number of piperidine rings is 1. The van der Waals surface area contributed by atoms with Crippen LogP contribution in [0.1, 0.15) is 35.8 Å². The topological polar surface area (TPSA) is 71.5 Å². The third-order valence-corrected chi connectivity index (χ3v) is 4.59. The number of nitrogens with zero attached hydrogens (tertiary/aromatic N) is 2. The molecule has 6 nitrogen and oxygen atoms in total. The van der Waals surface area contributed by atoms with E-state index >= 15 is 0 Å². The minimum absolute atomic E-state index is 0.0164. The summed E-state index contributed by atoms with van der Waals surface area (Å²) in [4.78, 5) is 30.1. The largest absolute Gasteiger partial charge is 0.477 e. The smallest absolute Gasteiger partial charge is 0.253 e. The van der Waals surface area contributed by atoms with Crippen LogP contribution < -0.4 is 10.1 Å². The number of aryl methyl sites for hydroxylation is 1. The summed E-state index contributed by atoms with van der Waals surface area (Å²) in [6.45, 7) is 5.39. The molecule has 1 unspecified atom stereocenters. The summed E-state index contributed by atoms with van der Waals surface area (Å²) in [7, 11) is 0. The quantitative estimate of drug-likeness (QED) is 0.880. The van der Waals surface area contributed by atoms with Crippen LogP contribution >= 0.6 is 0 Å². The molecule has 2 aromatic rings. The maximum atomic E-state index is 12.8. The number of rotatable bonds is 5. The molecule has 1 aliphatic rings. The standard InChI is InChI=1S/C21H25N3O3/c1-15-5-3-7-20(22-15)27-14-17-6-4-12-24(13-17)21(26)18-8-10-19(11-9-18)23-16(2)25/h3,5,7-11,17H,4,6,12-14H2,1-2H3,(H,23,25). The van der Waals surface area contributed by atoms with Crippen LogP contribution in [0.15, 0.2) is 42.5 Å². The Kier molecular flexibility index (Phi) is 6.06. The van der Waals surface area contributed by atoms with Gasteiger partial charge < -0.3 is 15.0 Å². The van der Waals surface area contributed by atoms with E-state index in [2.05, 4.69) is 10.3 Å². The molecule has 1 aromatic carbocycles. The van der Waals surface area contributed by atoms with Crippen molar-refractivity contribution in [2.75, 3.05) is 25.0 Å². The molecule has 1 N–H and O–H groups in total. The molecule has 1 fully saturated rings. The normalized spacial score (nSPS) is 16.7. The van der Waals surface area contributed by atoms with Gasteiger partial charge in [0.25, 0.3) is 5.91 Å². The second-order valence-electron chi connectivity index (χ2n) is 6.95. The van der Waals surface area contributed by atoms with Crippen LogP contribution in [0.25, 0.3) is 0 Å². The number of hydrogen-bond donors (Lipinski definition) is 1. The van der Waals surface area contributed by atoms with Crippen molar-refractivity contribution in [1.82, 2.24) is 9.88 Å². The van der Waals surface area contributed by atoms with Gasteiger partial charge in [-0.05, 0) is 50.1 Å². The van der Waals surface area contributed by atoms with Gasteiger partial charge in [-0.25, -0.2) is 4.98 Å². The molecule has 6 heteroatoms. The van der Waals surface area contributed by atoms with Crippen molar-refractivity contribution < 1.29 is 14.3 Å². The van der Waals surface area contributed by atoms with Crippen molar-refractivity contribution in [3.05, 3.63) is 53.7 Å². The van der Waals surface area contributed by atoms with Crippen LogP contribution in [0.4, 0.5) is 5.69 Å². The fraction of sp³-hybridized carbons (Fsp3) is 0.381. The molecule has 142 valence electrons. The Bertz CT molecular complexity index is 805. The first-order valence-electron chi connectivity index (χ1n) is 9.24. The van der Waals surface area contributed by atoms with E-state index in [1.54, 1.807) is 24.3 Å². The number of pyridine rings is 1. The van der Waals surface area contributed by atoms with Gasteiger partial charge in [-0.15, -0.1) is 0 Å². The van der Waals surface area contributed by atoms with E-state index in [0.717, 1.165) is 25.1 Å². The zero-order valence-corrected chi connectivity index (χ0v) is 15.8. The van der Waals surface area contributed by atoms with E-state index in [1.807, 2.05) is 30.0 Å². The van der Waals surface area contributed by atoms with Gasteiger partial charge in [0.15, 0.2) is 0 Å². The van der Waals surface area contributed by atoms with Crippen molar-refractivity contribution in [2.45, 2.75) is 26.7 Å². The van der Waals surface area contributed by atoms with Crippen molar-refractivity contribution in [3.8, 4) is 5.88 Å². The lowest BCUT2D eigenvalue weighted by molar-refractivity contribution is -0.114. The summed E-state index contributed by atoms with van der Waals surface area (Å²) in [5.41, 5.74) is 2.25. The summed E-state index contributed by atoms with van der Waals surface area (Å²) >= 11 is 0. The van der Waals surface area contributed by atoms with Crippen LogP contribution in [0.5, 0.6) is 5.88 Å². The molecule has 1 aromatic heterocycles. The molecular formula is C21H25N3O3. The minimum Gasteiger partial charge on any atom is -0.477 e. The van der Waals surface area contributed by atoms with Gasteiger partial charge in [-0.2, -0.15) is 0 Å². The van der Waals surface area contributed by atoms with Crippen LogP contribution in [-0.2, 0) is 4.79 Å². The Morgan fingerprint density at radius 2 is 2.00 bits per heavy atom. The van der Waals surface area contributed by atoms with Gasteiger partial charge in [-0.3, -0.25) is 9.59 Å². The van der Waals surface area contributed by atoms with E-state index in [1.165, 1.54) is 6.92 Å². The summed E-state index contributed by atoms with van der Waals surface area (Å²) < 4.78 is 5.82. The molecule has 2 amide bonds. The van der Waals surface area contributed by atoms with Gasteiger partial charge in [0.05, 0.1) is 6.61 Å². The fourth-order valence-electron chi connectivity index (χ4n) is 3.27. The first kappa shape index (κ1) is 18.9. The molecule has 0 spiro atoms. The number of benzene rings is 1. The molecular weight excluding hydrogens is 342 g/mol. The third-order valence-electron chi connectivity index (χ3n) is 4.59. The van der Waals surface area contributed by atoms with E-state index in [9.17, 15) is 9.59 Å². The molecule has 2 heterocycles. The average molecular weight is 367 g/mol. The molecule has 1 atom stereocenters. The maximum absolute atomic E-state index is 12.8. The zero-order valence-electron chi connectivity index (χ0n) is 15.8. The molecule has 0 radical (unpaired) electrons. The van der Waals surface area contributed by atoms with Gasteiger partial charge in [0, 0.05) is 48.9 Å². The second-order valence-corrected chi connectivity index (χ2v) is 6.95. The third kappa shape index (κ3) is 5.29. The number of likely N-dealkylation sites (tertiary alicyclic amines) is 1. The number of nitrogens with one attached hydrogen (secondary N) is 1. The Morgan fingerprint density at radius 3 is 2.70 bits per heavy atom. The van der Waals surface area contributed by atoms with E-state index in [-0.39, 0.29) is 11.8 Å². The maximum Gasteiger partial charge on any atom is 0.253 e. The van der Waals surface area contributed by atoms with Crippen LogP contribution in [0.3, 0.4) is 0 Å².